The molecule has 3 aromatic heterocycles. The Labute approximate surface area is 154 Å². The lowest BCUT2D eigenvalue weighted by molar-refractivity contribution is 0.369. The molecule has 3 aromatic rings. The summed E-state index contributed by atoms with van der Waals surface area (Å²) in [5.74, 6) is 0.490. The molecule has 1 aliphatic rings. The standard InChI is InChI=1S/C15H17N9O2S/c16-4-3-15(8-18-9-15)27(25,26)6-2-11-10(7-20-22-11)13-19-5-1-12-21-14(17)23-24(12)13/h1,5,7,18H,2-3,6,8-9H2,(H2,17,23)(H,20,22). The molecular formula is C15H17N9O2S. The molecule has 0 spiro atoms. The lowest BCUT2D eigenvalue weighted by Gasteiger charge is -2.40. The Kier molecular flexibility index (Phi) is 4.05. The van der Waals surface area contributed by atoms with Crippen LogP contribution in [0.2, 0.25) is 0 Å². The molecule has 1 aliphatic heterocycles. The smallest absolute Gasteiger partial charge is 0.240 e. The molecule has 4 rings (SSSR count). The van der Waals surface area contributed by atoms with Crippen LogP contribution in [0.4, 0.5) is 5.95 Å². The van der Waals surface area contributed by atoms with Crippen molar-refractivity contribution in [3.8, 4) is 17.5 Å². The van der Waals surface area contributed by atoms with Crippen molar-refractivity contribution in [1.82, 2.24) is 35.1 Å². The van der Waals surface area contributed by atoms with E-state index in [0.29, 0.717) is 35.8 Å². The van der Waals surface area contributed by atoms with Gasteiger partial charge in [0.25, 0.3) is 0 Å². The van der Waals surface area contributed by atoms with Crippen LogP contribution in [-0.4, -0.2) is 61.8 Å². The molecule has 0 saturated carbocycles. The predicted octanol–water partition coefficient (Wildman–Crippen LogP) is -0.690. The van der Waals surface area contributed by atoms with E-state index in [-0.39, 0.29) is 24.5 Å². The van der Waals surface area contributed by atoms with E-state index in [2.05, 4.69) is 30.6 Å². The number of rotatable bonds is 6. The van der Waals surface area contributed by atoms with Crippen molar-refractivity contribution in [2.24, 2.45) is 0 Å². The molecule has 0 unspecified atom stereocenters. The van der Waals surface area contributed by atoms with E-state index in [4.69, 9.17) is 11.0 Å². The highest BCUT2D eigenvalue weighted by Crippen LogP contribution is 2.29. The number of nitrogens with two attached hydrogens (primary N) is 1. The van der Waals surface area contributed by atoms with Crippen molar-refractivity contribution in [2.45, 2.75) is 17.6 Å². The molecule has 140 valence electrons. The minimum Gasteiger partial charge on any atom is -0.366 e. The van der Waals surface area contributed by atoms with Gasteiger partial charge < -0.3 is 11.1 Å². The van der Waals surface area contributed by atoms with Crippen LogP contribution >= 0.6 is 0 Å². The van der Waals surface area contributed by atoms with E-state index in [1.807, 2.05) is 6.07 Å². The zero-order valence-corrected chi connectivity index (χ0v) is 15.1. The van der Waals surface area contributed by atoms with E-state index in [9.17, 15) is 8.42 Å². The summed E-state index contributed by atoms with van der Waals surface area (Å²) in [6, 6.07) is 3.66. The van der Waals surface area contributed by atoms with E-state index in [0.717, 1.165) is 0 Å². The van der Waals surface area contributed by atoms with Crippen LogP contribution in [0, 0.1) is 11.3 Å². The molecule has 0 radical (unpaired) electrons. The number of hydrogen-bond donors (Lipinski definition) is 3. The van der Waals surface area contributed by atoms with Crippen molar-refractivity contribution in [3.05, 3.63) is 24.2 Å². The van der Waals surface area contributed by atoms with Crippen molar-refractivity contribution in [3.63, 3.8) is 0 Å². The van der Waals surface area contributed by atoms with Crippen molar-refractivity contribution < 1.29 is 8.42 Å². The number of aromatic amines is 1. The molecular weight excluding hydrogens is 370 g/mol. The van der Waals surface area contributed by atoms with Gasteiger partial charge >= 0.3 is 0 Å². The Bertz CT molecular complexity index is 1140. The number of nitriles is 1. The molecule has 12 heteroatoms. The monoisotopic (exact) mass is 387 g/mol. The van der Waals surface area contributed by atoms with Crippen LogP contribution in [0.3, 0.4) is 0 Å². The average molecular weight is 387 g/mol. The second-order valence-electron chi connectivity index (χ2n) is 6.46. The number of anilines is 1. The van der Waals surface area contributed by atoms with Gasteiger partial charge in [0.2, 0.25) is 5.95 Å². The van der Waals surface area contributed by atoms with Crippen LogP contribution in [0.25, 0.3) is 17.0 Å². The van der Waals surface area contributed by atoms with Crippen LogP contribution in [0.1, 0.15) is 12.1 Å². The Morgan fingerprint density at radius 1 is 1.41 bits per heavy atom. The highest BCUT2D eigenvalue weighted by molar-refractivity contribution is 7.92. The number of nitrogens with one attached hydrogen (secondary N) is 2. The number of fused-ring (bicyclic) bond motifs is 1. The summed E-state index contributed by atoms with van der Waals surface area (Å²) in [5.41, 5.74) is 7.44. The van der Waals surface area contributed by atoms with Gasteiger partial charge in [-0.3, -0.25) is 5.10 Å². The van der Waals surface area contributed by atoms with Gasteiger partial charge in [-0.1, -0.05) is 0 Å². The third-order valence-electron chi connectivity index (χ3n) is 4.80. The summed E-state index contributed by atoms with van der Waals surface area (Å²) >= 11 is 0. The minimum absolute atomic E-state index is 0.0166. The molecule has 1 fully saturated rings. The summed E-state index contributed by atoms with van der Waals surface area (Å²) in [6.07, 6.45) is 3.34. The van der Waals surface area contributed by atoms with Gasteiger partial charge in [-0.2, -0.15) is 19.9 Å². The molecule has 11 nitrogen and oxygen atoms in total. The van der Waals surface area contributed by atoms with Gasteiger partial charge in [-0.25, -0.2) is 13.4 Å². The summed E-state index contributed by atoms with van der Waals surface area (Å²) in [6.45, 7) is 0.607. The first kappa shape index (κ1) is 17.4. The lowest BCUT2D eigenvalue weighted by atomic mass is 9.99. The molecule has 0 aromatic carbocycles. The summed E-state index contributed by atoms with van der Waals surface area (Å²) < 4.78 is 26.1. The predicted molar refractivity (Wildman–Crippen MR) is 96.1 cm³/mol. The van der Waals surface area contributed by atoms with E-state index in [1.165, 1.54) is 4.52 Å². The first-order valence-electron chi connectivity index (χ1n) is 8.26. The van der Waals surface area contributed by atoms with E-state index < -0.39 is 14.6 Å². The third-order valence-corrected chi connectivity index (χ3v) is 7.30. The molecule has 1 saturated heterocycles. The fraction of sp³-hybridized carbons (Fsp3) is 0.400. The molecule has 27 heavy (non-hydrogen) atoms. The average Bonchev–Trinajstić information content (AvgIpc) is 3.20. The second kappa shape index (κ2) is 6.29. The van der Waals surface area contributed by atoms with Gasteiger partial charge in [0.1, 0.15) is 4.75 Å². The molecule has 4 N–H and O–H groups in total. The van der Waals surface area contributed by atoms with Crippen molar-refractivity contribution in [1.29, 1.82) is 5.26 Å². The highest BCUT2D eigenvalue weighted by Gasteiger charge is 2.48. The number of nitrogen functional groups attached to an aromatic ring is 1. The summed E-state index contributed by atoms with van der Waals surface area (Å²) in [4.78, 5) is 8.41. The molecule has 0 bridgehead atoms. The van der Waals surface area contributed by atoms with Gasteiger partial charge in [-0.15, -0.1) is 5.10 Å². The summed E-state index contributed by atoms with van der Waals surface area (Å²) in [5, 5.41) is 22.9. The Morgan fingerprint density at radius 3 is 2.93 bits per heavy atom. The Hall–Kier alpha value is -3.04. The largest absolute Gasteiger partial charge is 0.366 e. The van der Waals surface area contributed by atoms with Gasteiger partial charge in [0.15, 0.2) is 21.3 Å². The van der Waals surface area contributed by atoms with Crippen LogP contribution in [0.5, 0.6) is 0 Å². The first-order valence-corrected chi connectivity index (χ1v) is 9.91. The zero-order chi connectivity index (χ0) is 19.1. The maximum atomic E-state index is 12.8. The molecule has 0 atom stereocenters. The quantitative estimate of drug-likeness (QED) is 0.495. The Balaban J connectivity index is 1.62. The Morgan fingerprint density at radius 2 is 2.22 bits per heavy atom. The van der Waals surface area contributed by atoms with E-state index in [1.54, 1.807) is 18.5 Å². The van der Waals surface area contributed by atoms with Crippen LogP contribution < -0.4 is 11.1 Å². The van der Waals surface area contributed by atoms with Crippen molar-refractivity contribution >= 4 is 21.4 Å². The second-order valence-corrected chi connectivity index (χ2v) is 8.96. The lowest BCUT2D eigenvalue weighted by Crippen LogP contribution is -2.64. The number of aromatic nitrogens is 6. The maximum Gasteiger partial charge on any atom is 0.240 e. The fourth-order valence-corrected chi connectivity index (χ4v) is 5.00. The van der Waals surface area contributed by atoms with Gasteiger partial charge in [0.05, 0.1) is 30.0 Å². The number of nitrogens with zero attached hydrogens (tertiary/aromatic N) is 6. The minimum atomic E-state index is -3.47. The highest BCUT2D eigenvalue weighted by atomic mass is 32.2. The molecule has 4 heterocycles. The fourth-order valence-electron chi connectivity index (χ4n) is 3.17. The number of aryl methyl sites for hydroxylation is 1. The van der Waals surface area contributed by atoms with Crippen LogP contribution in [0.15, 0.2) is 18.5 Å². The number of H-pyrrole nitrogens is 1. The summed E-state index contributed by atoms with van der Waals surface area (Å²) in [7, 11) is -3.47. The topological polar surface area (TPSA) is 168 Å². The van der Waals surface area contributed by atoms with E-state index >= 15 is 0 Å². The van der Waals surface area contributed by atoms with Crippen molar-refractivity contribution in [2.75, 3.05) is 24.6 Å². The number of sulfone groups is 1. The molecule has 0 amide bonds. The normalized spacial score (nSPS) is 16.1. The maximum absolute atomic E-state index is 12.8. The van der Waals surface area contributed by atoms with Gasteiger partial charge in [-0.05, 0) is 0 Å². The SMILES string of the molecule is N#CCC1(S(=O)(=O)CCc2[nH]ncc2-c2nccc3nc(N)nn23)CNC1. The third kappa shape index (κ3) is 2.81. The molecule has 0 aliphatic carbocycles. The zero-order valence-electron chi connectivity index (χ0n) is 14.3. The number of hydrogen-bond acceptors (Lipinski definition) is 9. The van der Waals surface area contributed by atoms with Gasteiger partial charge in [0, 0.05) is 37.5 Å². The van der Waals surface area contributed by atoms with Crippen LogP contribution in [-0.2, 0) is 16.3 Å². The first-order chi connectivity index (χ1) is 13.0.